The predicted octanol–water partition coefficient (Wildman–Crippen LogP) is 1.86. The lowest BCUT2D eigenvalue weighted by Gasteiger charge is -2.34. The number of rotatable bonds is 3. The second kappa shape index (κ2) is 7.57. The highest BCUT2D eigenvalue weighted by Crippen LogP contribution is 2.15. The summed E-state index contributed by atoms with van der Waals surface area (Å²) in [7, 11) is 0. The zero-order valence-electron chi connectivity index (χ0n) is 11.5. The molecule has 1 saturated heterocycles. The lowest BCUT2D eigenvalue weighted by molar-refractivity contribution is -0.117. The summed E-state index contributed by atoms with van der Waals surface area (Å²) in [5.41, 5.74) is 6.43. The van der Waals surface area contributed by atoms with Crippen LogP contribution in [0.1, 0.15) is 13.3 Å². The van der Waals surface area contributed by atoms with Crippen molar-refractivity contribution in [1.82, 2.24) is 4.90 Å². The molecule has 1 fully saturated rings. The Morgan fingerprint density at radius 3 is 2.95 bits per heavy atom. The molecule has 0 aliphatic carbocycles. The van der Waals surface area contributed by atoms with E-state index < -0.39 is 0 Å². The van der Waals surface area contributed by atoms with Crippen molar-refractivity contribution in [2.45, 2.75) is 19.4 Å². The number of nitrogens with one attached hydrogen (secondary N) is 1. The molecule has 1 aromatic rings. The fraction of sp³-hybridized carbons (Fsp3) is 0.500. The quantitative estimate of drug-likeness (QED) is 0.896. The van der Waals surface area contributed by atoms with Crippen molar-refractivity contribution in [2.75, 3.05) is 25.0 Å². The van der Waals surface area contributed by atoms with Gasteiger partial charge in [0.1, 0.15) is 5.82 Å². The molecule has 1 amide bonds. The van der Waals surface area contributed by atoms with Gasteiger partial charge in [-0.15, -0.1) is 12.4 Å². The van der Waals surface area contributed by atoms with Gasteiger partial charge in [-0.2, -0.15) is 0 Å². The van der Waals surface area contributed by atoms with Crippen LogP contribution in [0.4, 0.5) is 10.1 Å². The number of amides is 1. The Kier molecular flexibility index (Phi) is 6.39. The van der Waals surface area contributed by atoms with Gasteiger partial charge in [-0.25, -0.2) is 4.39 Å². The van der Waals surface area contributed by atoms with E-state index in [1.165, 1.54) is 12.1 Å². The standard InChI is InChI=1S/C14H20FN3O.ClH/c1-10-8-18(6-5-13(10)16)9-14(19)17-12-4-2-3-11(15)7-12;/h2-4,7,10,13H,5-6,8-9,16H2,1H3,(H,17,19);1H. The summed E-state index contributed by atoms with van der Waals surface area (Å²) >= 11 is 0. The third-order valence-electron chi connectivity index (χ3n) is 3.53. The average molecular weight is 302 g/mol. The summed E-state index contributed by atoms with van der Waals surface area (Å²) in [6.45, 7) is 4.09. The number of piperidine rings is 1. The van der Waals surface area contributed by atoms with Crippen LogP contribution in [-0.2, 0) is 4.79 Å². The van der Waals surface area contributed by atoms with Gasteiger partial charge in [0.15, 0.2) is 0 Å². The number of halogens is 2. The van der Waals surface area contributed by atoms with E-state index in [1.54, 1.807) is 12.1 Å². The third kappa shape index (κ3) is 4.74. The number of carbonyl (C=O) groups is 1. The maximum atomic E-state index is 13.0. The summed E-state index contributed by atoms with van der Waals surface area (Å²) in [4.78, 5) is 14.0. The Morgan fingerprint density at radius 2 is 2.30 bits per heavy atom. The van der Waals surface area contributed by atoms with Crippen LogP contribution in [0.5, 0.6) is 0 Å². The molecule has 1 heterocycles. The van der Waals surface area contributed by atoms with Gasteiger partial charge in [-0.1, -0.05) is 13.0 Å². The molecule has 112 valence electrons. The normalized spacial score (nSPS) is 22.9. The molecule has 2 rings (SSSR count). The third-order valence-corrected chi connectivity index (χ3v) is 3.53. The molecule has 0 saturated carbocycles. The molecular weight excluding hydrogens is 281 g/mol. The molecule has 20 heavy (non-hydrogen) atoms. The van der Waals surface area contributed by atoms with Crippen LogP contribution >= 0.6 is 12.4 Å². The van der Waals surface area contributed by atoms with E-state index in [-0.39, 0.29) is 30.2 Å². The second-order valence-electron chi connectivity index (χ2n) is 5.22. The van der Waals surface area contributed by atoms with Crippen molar-refractivity contribution in [3.63, 3.8) is 0 Å². The molecule has 0 radical (unpaired) electrons. The second-order valence-corrected chi connectivity index (χ2v) is 5.22. The first-order chi connectivity index (χ1) is 9.04. The summed E-state index contributed by atoms with van der Waals surface area (Å²) in [6.07, 6.45) is 0.911. The van der Waals surface area contributed by atoms with E-state index in [0.717, 1.165) is 19.5 Å². The van der Waals surface area contributed by atoms with E-state index in [2.05, 4.69) is 17.1 Å². The topological polar surface area (TPSA) is 58.4 Å². The van der Waals surface area contributed by atoms with Crippen molar-refractivity contribution < 1.29 is 9.18 Å². The molecule has 0 spiro atoms. The fourth-order valence-corrected chi connectivity index (χ4v) is 2.36. The van der Waals surface area contributed by atoms with Crippen molar-refractivity contribution >= 4 is 24.0 Å². The van der Waals surface area contributed by atoms with Crippen LogP contribution in [0.2, 0.25) is 0 Å². The number of hydrogen-bond acceptors (Lipinski definition) is 3. The maximum Gasteiger partial charge on any atom is 0.238 e. The Hall–Kier alpha value is -1.17. The number of hydrogen-bond donors (Lipinski definition) is 2. The Labute approximate surface area is 124 Å². The average Bonchev–Trinajstić information content (AvgIpc) is 2.34. The number of likely N-dealkylation sites (tertiary alicyclic amines) is 1. The molecule has 0 bridgehead atoms. The lowest BCUT2D eigenvalue weighted by atomic mass is 9.95. The highest BCUT2D eigenvalue weighted by Gasteiger charge is 2.24. The monoisotopic (exact) mass is 301 g/mol. The van der Waals surface area contributed by atoms with Gasteiger partial charge >= 0.3 is 0 Å². The van der Waals surface area contributed by atoms with Crippen LogP contribution in [0, 0.1) is 11.7 Å². The molecule has 2 atom stereocenters. The molecule has 1 aromatic carbocycles. The maximum absolute atomic E-state index is 13.0. The lowest BCUT2D eigenvalue weighted by Crippen LogP contribution is -2.48. The zero-order valence-corrected chi connectivity index (χ0v) is 12.3. The zero-order chi connectivity index (χ0) is 13.8. The molecule has 0 aromatic heterocycles. The molecule has 1 aliphatic rings. The minimum absolute atomic E-state index is 0. The van der Waals surface area contributed by atoms with E-state index in [4.69, 9.17) is 5.73 Å². The number of anilines is 1. The smallest absolute Gasteiger partial charge is 0.238 e. The first-order valence-corrected chi connectivity index (χ1v) is 6.58. The molecular formula is C14H21ClFN3O. The number of nitrogens with two attached hydrogens (primary N) is 1. The minimum atomic E-state index is -0.352. The largest absolute Gasteiger partial charge is 0.327 e. The molecule has 1 aliphatic heterocycles. The van der Waals surface area contributed by atoms with Crippen LogP contribution in [0.15, 0.2) is 24.3 Å². The van der Waals surface area contributed by atoms with Gasteiger partial charge in [-0.3, -0.25) is 9.69 Å². The minimum Gasteiger partial charge on any atom is -0.327 e. The van der Waals surface area contributed by atoms with Crippen molar-refractivity contribution in [3.8, 4) is 0 Å². The van der Waals surface area contributed by atoms with Crippen LogP contribution in [0.25, 0.3) is 0 Å². The van der Waals surface area contributed by atoms with Crippen molar-refractivity contribution in [2.24, 2.45) is 11.7 Å². The molecule has 4 nitrogen and oxygen atoms in total. The van der Waals surface area contributed by atoms with Gasteiger partial charge in [0.2, 0.25) is 5.91 Å². The SMILES string of the molecule is CC1CN(CC(=O)Nc2cccc(F)c2)CCC1N.Cl. The predicted molar refractivity (Wildman–Crippen MR) is 80.5 cm³/mol. The summed E-state index contributed by atoms with van der Waals surface area (Å²) in [5.74, 6) is -0.0700. The van der Waals surface area contributed by atoms with Gasteiger partial charge < -0.3 is 11.1 Å². The van der Waals surface area contributed by atoms with Gasteiger partial charge in [-0.05, 0) is 30.5 Å². The van der Waals surface area contributed by atoms with E-state index >= 15 is 0 Å². The van der Waals surface area contributed by atoms with Crippen LogP contribution in [-0.4, -0.2) is 36.5 Å². The van der Waals surface area contributed by atoms with Crippen LogP contribution < -0.4 is 11.1 Å². The highest BCUT2D eigenvalue weighted by atomic mass is 35.5. The summed E-state index contributed by atoms with van der Waals surface area (Å²) < 4.78 is 13.0. The van der Waals surface area contributed by atoms with Crippen molar-refractivity contribution in [3.05, 3.63) is 30.1 Å². The van der Waals surface area contributed by atoms with E-state index in [1.807, 2.05) is 0 Å². The number of benzene rings is 1. The van der Waals surface area contributed by atoms with Gasteiger partial charge in [0.25, 0.3) is 0 Å². The van der Waals surface area contributed by atoms with Crippen molar-refractivity contribution in [1.29, 1.82) is 0 Å². The Morgan fingerprint density at radius 1 is 1.55 bits per heavy atom. The first kappa shape index (κ1) is 16.9. The molecule has 6 heteroatoms. The molecule has 3 N–H and O–H groups in total. The van der Waals surface area contributed by atoms with Gasteiger partial charge in [0, 0.05) is 24.8 Å². The number of carbonyl (C=O) groups excluding carboxylic acids is 1. The fourth-order valence-electron chi connectivity index (χ4n) is 2.36. The Bertz CT molecular complexity index is 458. The summed E-state index contributed by atoms with van der Waals surface area (Å²) in [6, 6.07) is 6.14. The molecule has 2 unspecified atom stereocenters. The number of nitrogens with zero attached hydrogens (tertiary/aromatic N) is 1. The van der Waals surface area contributed by atoms with E-state index in [0.29, 0.717) is 18.2 Å². The van der Waals surface area contributed by atoms with Gasteiger partial charge in [0.05, 0.1) is 6.54 Å². The van der Waals surface area contributed by atoms with Crippen LogP contribution in [0.3, 0.4) is 0 Å². The van der Waals surface area contributed by atoms with E-state index in [9.17, 15) is 9.18 Å². The Balaban J connectivity index is 0.00000200. The first-order valence-electron chi connectivity index (χ1n) is 6.58. The summed E-state index contributed by atoms with van der Waals surface area (Å²) in [5, 5.41) is 2.70. The highest BCUT2D eigenvalue weighted by molar-refractivity contribution is 5.92.